The topological polar surface area (TPSA) is 135 Å². The summed E-state index contributed by atoms with van der Waals surface area (Å²) in [7, 11) is 0. The third kappa shape index (κ3) is 4.14. The van der Waals surface area contributed by atoms with Crippen LogP contribution in [0.4, 0.5) is 11.8 Å². The van der Waals surface area contributed by atoms with Crippen molar-refractivity contribution in [3.05, 3.63) is 30.7 Å². The van der Waals surface area contributed by atoms with Crippen LogP contribution in [0.25, 0.3) is 22.5 Å². The average Bonchev–Trinajstić information content (AvgIpc) is 3.08. The molecule has 5 N–H and O–H groups in total. The SMILES string of the molecule is CC(C)n1cc(-c2ccnc(NC[C@H](C)O)n2)c(-c2cnc(N)c(O)c2)n1. The monoisotopic (exact) mass is 369 g/mol. The van der Waals surface area contributed by atoms with E-state index in [0.29, 0.717) is 29.4 Å². The molecule has 0 aliphatic heterocycles. The molecule has 3 rings (SSSR count). The number of nitrogens with one attached hydrogen (secondary N) is 1. The van der Waals surface area contributed by atoms with Gasteiger partial charge in [0.05, 0.1) is 11.8 Å². The predicted octanol–water partition coefficient (Wildman–Crippen LogP) is 2.06. The van der Waals surface area contributed by atoms with Gasteiger partial charge in [-0.15, -0.1) is 0 Å². The molecule has 142 valence electrons. The van der Waals surface area contributed by atoms with Gasteiger partial charge in [0.1, 0.15) is 5.69 Å². The number of nitrogens with two attached hydrogens (primary N) is 1. The molecule has 0 aromatic carbocycles. The van der Waals surface area contributed by atoms with Crippen LogP contribution in [0.2, 0.25) is 0 Å². The number of anilines is 2. The summed E-state index contributed by atoms with van der Waals surface area (Å²) >= 11 is 0. The third-order valence-corrected chi connectivity index (χ3v) is 3.92. The molecule has 0 bridgehead atoms. The minimum absolute atomic E-state index is 0.0650. The molecule has 0 unspecified atom stereocenters. The summed E-state index contributed by atoms with van der Waals surface area (Å²) in [5, 5.41) is 27.0. The molecule has 0 fully saturated rings. The van der Waals surface area contributed by atoms with Gasteiger partial charge < -0.3 is 21.3 Å². The van der Waals surface area contributed by atoms with Crippen LogP contribution in [0.15, 0.2) is 30.7 Å². The highest BCUT2D eigenvalue weighted by atomic mass is 16.3. The zero-order chi connectivity index (χ0) is 19.6. The number of aliphatic hydroxyl groups excluding tert-OH is 1. The normalized spacial score (nSPS) is 12.3. The number of aliphatic hydroxyl groups is 1. The molecule has 27 heavy (non-hydrogen) atoms. The second kappa shape index (κ2) is 7.58. The minimum Gasteiger partial charge on any atom is -0.504 e. The van der Waals surface area contributed by atoms with Crippen molar-refractivity contribution in [2.45, 2.75) is 32.9 Å². The maximum absolute atomic E-state index is 9.92. The fourth-order valence-electron chi connectivity index (χ4n) is 2.48. The van der Waals surface area contributed by atoms with Crippen molar-refractivity contribution in [1.82, 2.24) is 24.7 Å². The summed E-state index contributed by atoms with van der Waals surface area (Å²) in [5.74, 6) is 0.379. The maximum Gasteiger partial charge on any atom is 0.223 e. The number of aromatic hydroxyl groups is 1. The molecule has 9 heteroatoms. The van der Waals surface area contributed by atoms with Gasteiger partial charge in [0.15, 0.2) is 11.6 Å². The van der Waals surface area contributed by atoms with Crippen LogP contribution in [0.1, 0.15) is 26.8 Å². The Kier molecular flexibility index (Phi) is 5.22. The molecule has 0 radical (unpaired) electrons. The predicted molar refractivity (Wildman–Crippen MR) is 103 cm³/mol. The molecule has 3 aromatic heterocycles. The van der Waals surface area contributed by atoms with E-state index in [1.165, 1.54) is 6.07 Å². The van der Waals surface area contributed by atoms with Gasteiger partial charge in [0.25, 0.3) is 0 Å². The molecule has 1 atom stereocenters. The van der Waals surface area contributed by atoms with Crippen LogP contribution < -0.4 is 11.1 Å². The standard InChI is InChI=1S/C18H23N7O2/c1-10(2)25-9-13(14-4-5-20-18(23-14)22-7-11(3)26)16(24-25)12-6-15(27)17(19)21-8-12/h4-6,8-11,26-27H,7H2,1-3H3,(H2,19,21)(H,20,22,23)/t11-/m0/s1. The molecular weight excluding hydrogens is 346 g/mol. The summed E-state index contributed by atoms with van der Waals surface area (Å²) in [5.41, 5.74) is 8.31. The fraction of sp³-hybridized carbons (Fsp3) is 0.333. The largest absolute Gasteiger partial charge is 0.504 e. The van der Waals surface area contributed by atoms with Gasteiger partial charge in [-0.3, -0.25) is 4.68 Å². The lowest BCUT2D eigenvalue weighted by Crippen LogP contribution is -2.16. The highest BCUT2D eigenvalue weighted by Gasteiger charge is 2.17. The summed E-state index contributed by atoms with van der Waals surface area (Å²) in [6.07, 6.45) is 4.59. The first-order valence-corrected chi connectivity index (χ1v) is 8.64. The molecule has 0 saturated heterocycles. The summed E-state index contributed by atoms with van der Waals surface area (Å²) in [6, 6.07) is 3.46. The number of nitrogen functional groups attached to an aromatic ring is 1. The molecular formula is C18H23N7O2. The Morgan fingerprint density at radius 3 is 2.70 bits per heavy atom. The van der Waals surface area contributed by atoms with Crippen molar-refractivity contribution in [3.8, 4) is 28.3 Å². The summed E-state index contributed by atoms with van der Waals surface area (Å²) < 4.78 is 1.82. The lowest BCUT2D eigenvalue weighted by atomic mass is 10.1. The molecule has 0 saturated carbocycles. The Morgan fingerprint density at radius 1 is 1.26 bits per heavy atom. The van der Waals surface area contributed by atoms with Crippen molar-refractivity contribution in [3.63, 3.8) is 0 Å². The summed E-state index contributed by atoms with van der Waals surface area (Å²) in [6.45, 7) is 6.07. The molecule has 0 amide bonds. The van der Waals surface area contributed by atoms with Gasteiger partial charge in [-0.2, -0.15) is 5.10 Å². The number of nitrogens with zero attached hydrogens (tertiary/aromatic N) is 5. The zero-order valence-corrected chi connectivity index (χ0v) is 15.5. The zero-order valence-electron chi connectivity index (χ0n) is 15.5. The van der Waals surface area contributed by atoms with Crippen LogP contribution in [-0.2, 0) is 0 Å². The van der Waals surface area contributed by atoms with Gasteiger partial charge >= 0.3 is 0 Å². The average molecular weight is 369 g/mol. The quantitative estimate of drug-likeness (QED) is 0.518. The minimum atomic E-state index is -0.514. The van der Waals surface area contributed by atoms with Gasteiger partial charge in [-0.1, -0.05) is 0 Å². The van der Waals surface area contributed by atoms with E-state index < -0.39 is 6.10 Å². The smallest absolute Gasteiger partial charge is 0.223 e. The number of rotatable bonds is 6. The fourth-order valence-corrected chi connectivity index (χ4v) is 2.48. The molecule has 3 aromatic rings. The maximum atomic E-state index is 9.92. The van der Waals surface area contributed by atoms with Gasteiger partial charge in [0.2, 0.25) is 5.95 Å². The van der Waals surface area contributed by atoms with Crippen molar-refractivity contribution >= 4 is 11.8 Å². The Bertz CT molecular complexity index is 937. The highest BCUT2D eigenvalue weighted by Crippen LogP contribution is 2.33. The number of aromatic nitrogens is 5. The Balaban J connectivity index is 2.06. The van der Waals surface area contributed by atoms with Gasteiger partial charge in [-0.05, 0) is 32.9 Å². The molecule has 0 aliphatic carbocycles. The number of hydrogen-bond donors (Lipinski definition) is 4. The molecule has 9 nitrogen and oxygen atoms in total. The highest BCUT2D eigenvalue weighted by molar-refractivity contribution is 5.79. The molecule has 0 aliphatic rings. The van der Waals surface area contributed by atoms with Crippen molar-refractivity contribution in [2.24, 2.45) is 0 Å². The second-order valence-corrected chi connectivity index (χ2v) is 6.59. The van der Waals surface area contributed by atoms with Crippen LogP contribution in [0, 0.1) is 0 Å². The van der Waals surface area contributed by atoms with E-state index >= 15 is 0 Å². The van der Waals surface area contributed by atoms with E-state index in [2.05, 4.69) is 25.4 Å². The lowest BCUT2D eigenvalue weighted by Gasteiger charge is -2.08. The van der Waals surface area contributed by atoms with E-state index in [1.807, 2.05) is 24.7 Å². The first-order valence-electron chi connectivity index (χ1n) is 8.64. The first-order chi connectivity index (χ1) is 12.8. The number of pyridine rings is 1. The van der Waals surface area contributed by atoms with E-state index in [0.717, 1.165) is 5.56 Å². The van der Waals surface area contributed by atoms with Crippen molar-refractivity contribution in [1.29, 1.82) is 0 Å². The first kappa shape index (κ1) is 18.6. The lowest BCUT2D eigenvalue weighted by molar-refractivity contribution is 0.208. The third-order valence-electron chi connectivity index (χ3n) is 3.92. The van der Waals surface area contributed by atoms with Crippen molar-refractivity contribution < 1.29 is 10.2 Å². The van der Waals surface area contributed by atoms with Crippen LogP contribution in [-0.4, -0.2) is 47.6 Å². The van der Waals surface area contributed by atoms with E-state index in [-0.39, 0.29) is 17.6 Å². The van der Waals surface area contributed by atoms with Crippen LogP contribution >= 0.6 is 0 Å². The molecule has 3 heterocycles. The van der Waals surface area contributed by atoms with Crippen LogP contribution in [0.5, 0.6) is 5.75 Å². The Hall–Kier alpha value is -3.20. The Morgan fingerprint density at radius 2 is 2.04 bits per heavy atom. The Labute approximate surface area is 156 Å². The van der Waals surface area contributed by atoms with Gasteiger partial charge in [0, 0.05) is 42.3 Å². The molecule has 0 spiro atoms. The van der Waals surface area contributed by atoms with Gasteiger partial charge in [-0.25, -0.2) is 15.0 Å². The number of hydrogen-bond acceptors (Lipinski definition) is 8. The second-order valence-electron chi connectivity index (χ2n) is 6.59. The summed E-state index contributed by atoms with van der Waals surface area (Å²) in [4.78, 5) is 12.7. The van der Waals surface area contributed by atoms with E-state index in [9.17, 15) is 10.2 Å². The van der Waals surface area contributed by atoms with E-state index in [1.54, 1.807) is 25.4 Å². The van der Waals surface area contributed by atoms with E-state index in [4.69, 9.17) is 5.73 Å². The van der Waals surface area contributed by atoms with Crippen LogP contribution in [0.3, 0.4) is 0 Å². The van der Waals surface area contributed by atoms with Crippen molar-refractivity contribution in [2.75, 3.05) is 17.6 Å².